The molecule has 1 aliphatic rings. The monoisotopic (exact) mass is 250 g/mol. The predicted molar refractivity (Wildman–Crippen MR) is 73.6 cm³/mol. The molecule has 0 bridgehead atoms. The van der Waals surface area contributed by atoms with E-state index in [0.717, 1.165) is 32.0 Å². The first kappa shape index (κ1) is 13.1. The molecule has 0 unspecified atom stereocenters. The van der Waals surface area contributed by atoms with E-state index in [1.807, 2.05) is 26.0 Å². The minimum Gasteiger partial charge on any atom is -0.389 e. The molecule has 18 heavy (non-hydrogen) atoms. The maximum absolute atomic E-state index is 9.81. The first-order valence-corrected chi connectivity index (χ1v) is 6.36. The zero-order valence-corrected chi connectivity index (χ0v) is 11.1. The van der Waals surface area contributed by atoms with Crippen LogP contribution in [-0.2, 0) is 0 Å². The fraction of sp³-hybridized carbons (Fsp3) is 0.615. The van der Waals surface area contributed by atoms with Crippen molar-refractivity contribution in [3.8, 4) is 0 Å². The molecule has 1 fully saturated rings. The van der Waals surface area contributed by atoms with Crippen molar-refractivity contribution in [2.24, 2.45) is 0 Å². The van der Waals surface area contributed by atoms with E-state index >= 15 is 0 Å². The number of piperazine rings is 1. The summed E-state index contributed by atoms with van der Waals surface area (Å²) in [6.45, 7) is 8.14. The molecule has 1 saturated heterocycles. The number of nitrogens with zero attached hydrogens (tertiary/aromatic N) is 3. The molecule has 0 radical (unpaired) electrons. The number of anilines is 2. The standard InChI is InChI=1S/C13H22N4O/c1-13(2,18)10-16-6-8-17(9-7-16)12-5-3-4-11(14)15-12/h3-5,18H,6-10H2,1-2H3,(H2,14,15). The van der Waals surface area contributed by atoms with Crippen molar-refractivity contribution in [2.75, 3.05) is 43.4 Å². The number of rotatable bonds is 3. The summed E-state index contributed by atoms with van der Waals surface area (Å²) in [4.78, 5) is 8.85. The van der Waals surface area contributed by atoms with Crippen molar-refractivity contribution < 1.29 is 5.11 Å². The molecule has 1 aromatic heterocycles. The SMILES string of the molecule is CC(C)(O)CN1CCN(c2cccc(N)n2)CC1. The third-order valence-corrected chi connectivity index (χ3v) is 3.06. The van der Waals surface area contributed by atoms with Crippen molar-refractivity contribution in [1.82, 2.24) is 9.88 Å². The van der Waals surface area contributed by atoms with Crippen LogP contribution in [-0.4, -0.2) is 53.3 Å². The smallest absolute Gasteiger partial charge is 0.131 e. The fourth-order valence-electron chi connectivity index (χ4n) is 2.30. The molecule has 1 aromatic rings. The van der Waals surface area contributed by atoms with Crippen LogP contribution in [0.25, 0.3) is 0 Å². The molecule has 5 heteroatoms. The Morgan fingerprint density at radius 2 is 1.94 bits per heavy atom. The molecule has 0 saturated carbocycles. The molecule has 2 rings (SSSR count). The second-order valence-corrected chi connectivity index (χ2v) is 5.50. The summed E-state index contributed by atoms with van der Waals surface area (Å²) in [5, 5.41) is 9.81. The Bertz CT molecular complexity index is 394. The number of pyridine rings is 1. The lowest BCUT2D eigenvalue weighted by Gasteiger charge is -2.37. The molecule has 0 atom stereocenters. The fourth-order valence-corrected chi connectivity index (χ4v) is 2.30. The van der Waals surface area contributed by atoms with E-state index in [-0.39, 0.29) is 0 Å². The van der Waals surface area contributed by atoms with E-state index in [9.17, 15) is 5.11 Å². The molecular weight excluding hydrogens is 228 g/mol. The van der Waals surface area contributed by atoms with Gasteiger partial charge in [-0.3, -0.25) is 4.90 Å². The number of hydrogen-bond donors (Lipinski definition) is 2. The van der Waals surface area contributed by atoms with Gasteiger partial charge in [0.15, 0.2) is 0 Å². The first-order valence-electron chi connectivity index (χ1n) is 6.36. The van der Waals surface area contributed by atoms with Crippen LogP contribution in [0.4, 0.5) is 11.6 Å². The number of aliphatic hydroxyl groups is 1. The van der Waals surface area contributed by atoms with Crippen molar-refractivity contribution >= 4 is 11.6 Å². The van der Waals surface area contributed by atoms with E-state index in [1.54, 1.807) is 6.07 Å². The Hall–Kier alpha value is -1.33. The topological polar surface area (TPSA) is 65.6 Å². The van der Waals surface area contributed by atoms with Gasteiger partial charge < -0.3 is 15.7 Å². The van der Waals surface area contributed by atoms with Gasteiger partial charge in [-0.15, -0.1) is 0 Å². The molecular formula is C13H22N4O. The molecule has 2 heterocycles. The normalized spacial score (nSPS) is 18.1. The van der Waals surface area contributed by atoms with Crippen molar-refractivity contribution in [2.45, 2.75) is 19.4 Å². The number of hydrogen-bond acceptors (Lipinski definition) is 5. The largest absolute Gasteiger partial charge is 0.389 e. The Labute approximate surface area is 108 Å². The average molecular weight is 250 g/mol. The Morgan fingerprint density at radius 3 is 2.50 bits per heavy atom. The summed E-state index contributed by atoms with van der Waals surface area (Å²) in [6.07, 6.45) is 0. The number of aromatic nitrogens is 1. The molecule has 0 aliphatic carbocycles. The molecule has 0 aromatic carbocycles. The highest BCUT2D eigenvalue weighted by molar-refractivity contribution is 5.45. The molecule has 3 N–H and O–H groups in total. The van der Waals surface area contributed by atoms with Gasteiger partial charge in [-0.25, -0.2) is 4.98 Å². The van der Waals surface area contributed by atoms with Crippen LogP contribution in [0.1, 0.15) is 13.8 Å². The minimum atomic E-state index is -0.627. The summed E-state index contributed by atoms with van der Waals surface area (Å²) in [6, 6.07) is 5.72. The number of nitrogens with two attached hydrogens (primary N) is 1. The molecule has 100 valence electrons. The van der Waals surface area contributed by atoms with Gasteiger partial charge >= 0.3 is 0 Å². The Kier molecular flexibility index (Phi) is 3.73. The van der Waals surface area contributed by atoms with Crippen LogP contribution >= 0.6 is 0 Å². The van der Waals surface area contributed by atoms with E-state index in [2.05, 4.69) is 14.8 Å². The predicted octanol–water partition coefficient (Wildman–Crippen LogP) is 0.557. The number of β-amino-alcohol motifs (C(OH)–C–C–N with tert-alkyl or cyclic N) is 1. The molecule has 0 amide bonds. The third-order valence-electron chi connectivity index (χ3n) is 3.06. The van der Waals surface area contributed by atoms with Crippen LogP contribution in [0.2, 0.25) is 0 Å². The van der Waals surface area contributed by atoms with Gasteiger partial charge in [-0.1, -0.05) is 6.07 Å². The maximum atomic E-state index is 9.81. The van der Waals surface area contributed by atoms with Gasteiger partial charge in [0.25, 0.3) is 0 Å². The van der Waals surface area contributed by atoms with Gasteiger partial charge in [-0.2, -0.15) is 0 Å². The van der Waals surface area contributed by atoms with Crippen molar-refractivity contribution in [3.63, 3.8) is 0 Å². The summed E-state index contributed by atoms with van der Waals surface area (Å²) >= 11 is 0. The zero-order chi connectivity index (χ0) is 13.2. The lowest BCUT2D eigenvalue weighted by Crippen LogP contribution is -2.50. The lowest BCUT2D eigenvalue weighted by molar-refractivity contribution is 0.0345. The second kappa shape index (κ2) is 5.12. The summed E-state index contributed by atoms with van der Waals surface area (Å²) in [7, 11) is 0. The summed E-state index contributed by atoms with van der Waals surface area (Å²) in [5.41, 5.74) is 5.07. The van der Waals surface area contributed by atoms with Gasteiger partial charge in [-0.05, 0) is 26.0 Å². The Balaban J connectivity index is 1.91. The van der Waals surface area contributed by atoms with Crippen LogP contribution < -0.4 is 10.6 Å². The van der Waals surface area contributed by atoms with Crippen LogP contribution in [0.5, 0.6) is 0 Å². The Morgan fingerprint density at radius 1 is 1.28 bits per heavy atom. The van der Waals surface area contributed by atoms with Crippen LogP contribution in [0, 0.1) is 0 Å². The van der Waals surface area contributed by atoms with Crippen LogP contribution in [0.15, 0.2) is 18.2 Å². The highest BCUT2D eigenvalue weighted by atomic mass is 16.3. The molecule has 0 spiro atoms. The number of nitrogen functional groups attached to an aromatic ring is 1. The van der Waals surface area contributed by atoms with Gasteiger partial charge in [0.2, 0.25) is 0 Å². The van der Waals surface area contributed by atoms with Gasteiger partial charge in [0.1, 0.15) is 11.6 Å². The lowest BCUT2D eigenvalue weighted by atomic mass is 10.1. The third kappa shape index (κ3) is 3.58. The van der Waals surface area contributed by atoms with Gasteiger partial charge in [0.05, 0.1) is 5.60 Å². The zero-order valence-electron chi connectivity index (χ0n) is 11.1. The van der Waals surface area contributed by atoms with Crippen molar-refractivity contribution in [1.29, 1.82) is 0 Å². The molecule has 5 nitrogen and oxygen atoms in total. The highest BCUT2D eigenvalue weighted by Gasteiger charge is 2.23. The quantitative estimate of drug-likeness (QED) is 0.820. The average Bonchev–Trinajstić information content (AvgIpc) is 2.28. The van der Waals surface area contributed by atoms with E-state index in [4.69, 9.17) is 5.73 Å². The second-order valence-electron chi connectivity index (χ2n) is 5.50. The minimum absolute atomic E-state index is 0.562. The van der Waals surface area contributed by atoms with E-state index in [1.165, 1.54) is 0 Å². The molecule has 1 aliphatic heterocycles. The van der Waals surface area contributed by atoms with Gasteiger partial charge in [0, 0.05) is 32.7 Å². The van der Waals surface area contributed by atoms with E-state index in [0.29, 0.717) is 12.4 Å². The van der Waals surface area contributed by atoms with E-state index < -0.39 is 5.60 Å². The van der Waals surface area contributed by atoms with Crippen molar-refractivity contribution in [3.05, 3.63) is 18.2 Å². The maximum Gasteiger partial charge on any atom is 0.131 e. The first-order chi connectivity index (χ1) is 8.44. The van der Waals surface area contributed by atoms with Crippen LogP contribution in [0.3, 0.4) is 0 Å². The summed E-state index contributed by atoms with van der Waals surface area (Å²) in [5.74, 6) is 1.50. The summed E-state index contributed by atoms with van der Waals surface area (Å²) < 4.78 is 0. The highest BCUT2D eigenvalue weighted by Crippen LogP contribution is 2.16.